The van der Waals surface area contributed by atoms with Gasteiger partial charge in [-0.2, -0.15) is 0 Å². The normalized spacial score (nSPS) is 19.6. The fourth-order valence-corrected chi connectivity index (χ4v) is 3.92. The quantitative estimate of drug-likeness (QED) is 0.797. The first-order valence-electron chi connectivity index (χ1n) is 9.05. The van der Waals surface area contributed by atoms with Gasteiger partial charge in [0.1, 0.15) is 0 Å². The number of rotatable bonds is 5. The zero-order valence-electron chi connectivity index (χ0n) is 15.6. The topological polar surface area (TPSA) is 61.9 Å². The Morgan fingerprint density at radius 2 is 1.89 bits per heavy atom. The molecule has 1 aromatic rings. The summed E-state index contributed by atoms with van der Waals surface area (Å²) in [6, 6.07) is 7.50. The maximum absolute atomic E-state index is 13.1. The van der Waals surface area contributed by atoms with Gasteiger partial charge in [-0.15, -0.1) is 12.4 Å². The van der Waals surface area contributed by atoms with Crippen LogP contribution < -0.4 is 5.32 Å². The van der Waals surface area contributed by atoms with Crippen molar-refractivity contribution in [3.05, 3.63) is 34.9 Å². The third-order valence-electron chi connectivity index (χ3n) is 5.33. The number of benzene rings is 1. The first-order valence-corrected chi connectivity index (χ1v) is 9.43. The fraction of sp³-hybridized carbons (Fsp3) is 0.579. The summed E-state index contributed by atoms with van der Waals surface area (Å²) in [6.45, 7) is 3.83. The largest absolute Gasteiger partial charge is 0.384 e. The zero-order chi connectivity index (χ0) is 18.6. The van der Waals surface area contributed by atoms with E-state index in [-0.39, 0.29) is 30.8 Å². The Balaban J connectivity index is 0.00000261. The summed E-state index contributed by atoms with van der Waals surface area (Å²) >= 11 is 5.91. The van der Waals surface area contributed by atoms with Crippen LogP contribution in [-0.2, 0) is 20.9 Å². The summed E-state index contributed by atoms with van der Waals surface area (Å²) in [6.07, 6.45) is 1.50. The second-order valence-electron chi connectivity index (χ2n) is 7.13. The van der Waals surface area contributed by atoms with Crippen LogP contribution in [0.3, 0.4) is 0 Å². The predicted molar refractivity (Wildman–Crippen MR) is 107 cm³/mol. The van der Waals surface area contributed by atoms with E-state index < -0.39 is 5.41 Å². The summed E-state index contributed by atoms with van der Waals surface area (Å²) in [5.41, 5.74) is 0.537. The van der Waals surface area contributed by atoms with Crippen LogP contribution in [0.1, 0.15) is 18.4 Å². The fourth-order valence-electron chi connectivity index (χ4n) is 3.80. The number of methoxy groups -OCH3 is 1. The van der Waals surface area contributed by atoms with Gasteiger partial charge < -0.3 is 19.9 Å². The third kappa shape index (κ3) is 5.13. The highest BCUT2D eigenvalue weighted by molar-refractivity contribution is 6.30. The van der Waals surface area contributed by atoms with Gasteiger partial charge in [-0.25, -0.2) is 0 Å². The Morgan fingerprint density at radius 3 is 2.48 bits per heavy atom. The number of carbonyl (C=O) groups is 2. The Kier molecular flexibility index (Phi) is 7.91. The smallest absolute Gasteiger partial charge is 0.242 e. The van der Waals surface area contributed by atoms with E-state index in [4.69, 9.17) is 16.3 Å². The van der Waals surface area contributed by atoms with Crippen molar-refractivity contribution in [2.75, 3.05) is 46.4 Å². The maximum Gasteiger partial charge on any atom is 0.242 e. The number of nitrogens with one attached hydrogen (secondary N) is 1. The molecule has 0 bridgehead atoms. The highest BCUT2D eigenvalue weighted by Gasteiger charge is 2.43. The number of halogens is 2. The highest BCUT2D eigenvalue weighted by Crippen LogP contribution is 2.32. The van der Waals surface area contributed by atoms with Gasteiger partial charge in [0.05, 0.1) is 18.6 Å². The van der Waals surface area contributed by atoms with E-state index in [1.807, 2.05) is 24.3 Å². The van der Waals surface area contributed by atoms with Crippen LogP contribution in [-0.4, -0.2) is 68.1 Å². The van der Waals surface area contributed by atoms with Crippen LogP contribution in [0.5, 0.6) is 0 Å². The molecule has 0 aliphatic carbocycles. The van der Waals surface area contributed by atoms with Gasteiger partial charge in [0, 0.05) is 31.8 Å². The molecule has 1 aromatic carbocycles. The van der Waals surface area contributed by atoms with Crippen LogP contribution in [0.4, 0.5) is 0 Å². The lowest BCUT2D eigenvalue weighted by atomic mass is 9.78. The van der Waals surface area contributed by atoms with Crippen molar-refractivity contribution in [1.29, 1.82) is 0 Å². The highest BCUT2D eigenvalue weighted by atomic mass is 35.5. The van der Waals surface area contributed by atoms with Gasteiger partial charge in [-0.05, 0) is 43.6 Å². The van der Waals surface area contributed by atoms with Crippen LogP contribution in [0, 0.1) is 5.41 Å². The molecule has 8 heteroatoms. The van der Waals surface area contributed by atoms with Crippen molar-refractivity contribution in [1.82, 2.24) is 15.1 Å². The van der Waals surface area contributed by atoms with Gasteiger partial charge in [0.2, 0.25) is 11.8 Å². The Bertz CT molecular complexity index is 643. The molecule has 0 radical (unpaired) electrons. The molecule has 0 atom stereocenters. The van der Waals surface area contributed by atoms with Crippen molar-refractivity contribution in [3.8, 4) is 0 Å². The molecular formula is C19H27Cl2N3O3. The van der Waals surface area contributed by atoms with Crippen molar-refractivity contribution >= 4 is 35.8 Å². The molecular weight excluding hydrogens is 389 g/mol. The molecule has 0 spiro atoms. The first-order chi connectivity index (χ1) is 12.5. The Hall–Kier alpha value is -1.34. The van der Waals surface area contributed by atoms with E-state index in [0.717, 1.165) is 31.5 Å². The Labute approximate surface area is 171 Å². The van der Waals surface area contributed by atoms with E-state index in [9.17, 15) is 9.59 Å². The van der Waals surface area contributed by atoms with Gasteiger partial charge in [0.25, 0.3) is 0 Å². The average molecular weight is 416 g/mol. The standard InChI is InChI=1S/C19H26ClN3O3.ClH/c1-26-14-19(6-8-21-9-7-19)18(25)23-11-10-22(17(24)13-23)12-15-2-4-16(20)5-3-15;/h2-5,21H,6-14H2,1H3;1H. The van der Waals surface area contributed by atoms with Gasteiger partial charge in [0.15, 0.2) is 0 Å². The molecule has 0 aromatic heterocycles. The van der Waals surface area contributed by atoms with Crippen LogP contribution >= 0.6 is 24.0 Å². The van der Waals surface area contributed by atoms with Crippen LogP contribution in [0.2, 0.25) is 5.02 Å². The van der Waals surface area contributed by atoms with E-state index in [1.54, 1.807) is 16.9 Å². The summed E-state index contributed by atoms with van der Waals surface area (Å²) in [7, 11) is 1.63. The van der Waals surface area contributed by atoms with Crippen molar-refractivity contribution in [2.24, 2.45) is 5.41 Å². The molecule has 2 aliphatic heterocycles. The molecule has 1 N–H and O–H groups in total. The molecule has 0 saturated carbocycles. The number of ether oxygens (including phenoxy) is 1. The predicted octanol–water partition coefficient (Wildman–Crippen LogP) is 1.95. The first kappa shape index (κ1) is 22.0. The zero-order valence-corrected chi connectivity index (χ0v) is 17.2. The van der Waals surface area contributed by atoms with E-state index in [2.05, 4.69) is 5.32 Å². The van der Waals surface area contributed by atoms with Crippen LogP contribution in [0.25, 0.3) is 0 Å². The molecule has 2 saturated heterocycles. The molecule has 2 aliphatic rings. The molecule has 2 heterocycles. The summed E-state index contributed by atoms with van der Waals surface area (Å²) in [5, 5.41) is 3.97. The number of carbonyl (C=O) groups excluding carboxylic acids is 2. The van der Waals surface area contributed by atoms with Gasteiger partial charge in [-0.1, -0.05) is 23.7 Å². The maximum atomic E-state index is 13.1. The van der Waals surface area contributed by atoms with E-state index >= 15 is 0 Å². The molecule has 150 valence electrons. The minimum Gasteiger partial charge on any atom is -0.384 e. The second kappa shape index (κ2) is 9.73. The monoisotopic (exact) mass is 415 g/mol. The van der Waals surface area contributed by atoms with E-state index in [1.165, 1.54) is 0 Å². The number of hydrogen-bond acceptors (Lipinski definition) is 4. The number of nitrogens with zero attached hydrogens (tertiary/aromatic N) is 2. The van der Waals surface area contributed by atoms with Crippen molar-refractivity contribution < 1.29 is 14.3 Å². The number of piperazine rings is 1. The summed E-state index contributed by atoms with van der Waals surface area (Å²) in [4.78, 5) is 29.3. The number of piperidine rings is 1. The molecule has 6 nitrogen and oxygen atoms in total. The van der Waals surface area contributed by atoms with Crippen molar-refractivity contribution in [2.45, 2.75) is 19.4 Å². The lowest BCUT2D eigenvalue weighted by molar-refractivity contribution is -0.155. The minimum absolute atomic E-state index is 0. The number of hydrogen-bond donors (Lipinski definition) is 1. The molecule has 2 amide bonds. The van der Waals surface area contributed by atoms with Crippen LogP contribution in [0.15, 0.2) is 24.3 Å². The van der Waals surface area contributed by atoms with E-state index in [0.29, 0.717) is 31.3 Å². The molecule has 0 unspecified atom stereocenters. The molecule has 3 rings (SSSR count). The molecule has 27 heavy (non-hydrogen) atoms. The summed E-state index contributed by atoms with van der Waals surface area (Å²) in [5.74, 6) is 0.0430. The lowest BCUT2D eigenvalue weighted by Gasteiger charge is -2.42. The third-order valence-corrected chi connectivity index (χ3v) is 5.58. The molecule has 2 fully saturated rings. The second-order valence-corrected chi connectivity index (χ2v) is 7.57. The van der Waals surface area contributed by atoms with Crippen molar-refractivity contribution in [3.63, 3.8) is 0 Å². The number of amides is 2. The lowest BCUT2D eigenvalue weighted by Crippen LogP contribution is -2.58. The SMILES string of the molecule is COCC1(C(=O)N2CCN(Cc3ccc(Cl)cc3)C(=O)C2)CCNCC1.Cl. The van der Waals surface area contributed by atoms with Gasteiger partial charge >= 0.3 is 0 Å². The average Bonchev–Trinajstić information content (AvgIpc) is 2.65. The Morgan fingerprint density at radius 1 is 1.22 bits per heavy atom. The summed E-state index contributed by atoms with van der Waals surface area (Å²) < 4.78 is 5.35. The van der Waals surface area contributed by atoms with Gasteiger partial charge in [-0.3, -0.25) is 9.59 Å². The minimum atomic E-state index is -0.501.